The third kappa shape index (κ3) is 2.57. The second-order valence-corrected chi connectivity index (χ2v) is 5.80. The molecule has 0 spiro atoms. The average Bonchev–Trinajstić information content (AvgIpc) is 2.79. The van der Waals surface area contributed by atoms with Gasteiger partial charge in [0, 0.05) is 11.8 Å². The van der Waals surface area contributed by atoms with Crippen molar-refractivity contribution in [1.29, 1.82) is 0 Å². The number of anilines is 1. The highest BCUT2D eigenvalue weighted by atomic mass is 32.1. The van der Waals surface area contributed by atoms with Gasteiger partial charge in [0.15, 0.2) is 5.43 Å². The van der Waals surface area contributed by atoms with E-state index in [2.05, 4.69) is 10.3 Å². The summed E-state index contributed by atoms with van der Waals surface area (Å²) in [6.07, 6.45) is 1.35. The Bertz CT molecular complexity index is 895. The summed E-state index contributed by atoms with van der Waals surface area (Å²) in [6.45, 7) is 3.66. The number of rotatable bonds is 2. The zero-order valence-corrected chi connectivity index (χ0v) is 12.3. The predicted octanol–water partition coefficient (Wildman–Crippen LogP) is 3.12. The van der Waals surface area contributed by atoms with Gasteiger partial charge in [-0.3, -0.25) is 9.59 Å². The molecule has 21 heavy (non-hydrogen) atoms. The lowest BCUT2D eigenvalue weighted by Crippen LogP contribution is -2.12. The minimum Gasteiger partial charge on any atom is -0.464 e. The maximum absolute atomic E-state index is 12.2. The molecule has 0 unspecified atom stereocenters. The molecule has 0 aliphatic carbocycles. The molecule has 0 atom stereocenters. The Morgan fingerprint density at radius 1 is 1.29 bits per heavy atom. The summed E-state index contributed by atoms with van der Waals surface area (Å²) in [5, 5.41) is 4.06. The second kappa shape index (κ2) is 5.14. The molecule has 1 aromatic carbocycles. The Hall–Kier alpha value is -2.47. The normalized spacial score (nSPS) is 10.8. The molecule has 0 fully saturated rings. The molecule has 1 amide bonds. The highest BCUT2D eigenvalue weighted by Gasteiger charge is 2.14. The number of carbonyl (C=O) groups excluding carboxylic acids is 1. The Kier molecular flexibility index (Phi) is 3.31. The first-order chi connectivity index (χ1) is 10.0. The highest BCUT2D eigenvalue weighted by Crippen LogP contribution is 2.21. The van der Waals surface area contributed by atoms with Gasteiger partial charge in [0.05, 0.1) is 22.4 Å². The van der Waals surface area contributed by atoms with E-state index in [1.165, 1.54) is 23.7 Å². The van der Waals surface area contributed by atoms with Crippen LogP contribution < -0.4 is 10.7 Å². The molecule has 2 aromatic heterocycles. The van der Waals surface area contributed by atoms with E-state index in [1.807, 2.05) is 6.92 Å². The number of benzene rings is 1. The number of nitrogens with one attached hydrogen (secondary N) is 1. The summed E-state index contributed by atoms with van der Waals surface area (Å²) in [4.78, 5) is 28.8. The van der Waals surface area contributed by atoms with Gasteiger partial charge in [-0.1, -0.05) is 0 Å². The molecule has 3 rings (SSSR count). The van der Waals surface area contributed by atoms with E-state index in [9.17, 15) is 9.59 Å². The lowest BCUT2D eigenvalue weighted by molar-refractivity contribution is 0.103. The van der Waals surface area contributed by atoms with Gasteiger partial charge >= 0.3 is 0 Å². The van der Waals surface area contributed by atoms with E-state index >= 15 is 0 Å². The van der Waals surface area contributed by atoms with Crippen molar-refractivity contribution >= 4 is 33.9 Å². The third-order valence-corrected chi connectivity index (χ3v) is 4.10. The van der Waals surface area contributed by atoms with Crippen molar-refractivity contribution in [2.24, 2.45) is 0 Å². The number of aryl methyl sites for hydroxylation is 2. The van der Waals surface area contributed by atoms with E-state index in [0.29, 0.717) is 27.2 Å². The van der Waals surface area contributed by atoms with Crippen molar-refractivity contribution in [2.45, 2.75) is 13.8 Å². The Labute approximate surface area is 124 Å². The van der Waals surface area contributed by atoms with Crippen LogP contribution in [-0.2, 0) is 0 Å². The van der Waals surface area contributed by atoms with Crippen molar-refractivity contribution in [3.8, 4) is 0 Å². The number of hydrogen-bond acceptors (Lipinski definition) is 5. The highest BCUT2D eigenvalue weighted by molar-refractivity contribution is 7.13. The van der Waals surface area contributed by atoms with Crippen LogP contribution in [0.5, 0.6) is 0 Å². The number of carbonyl (C=O) groups is 1. The quantitative estimate of drug-likeness (QED) is 0.789. The molecule has 2 heterocycles. The first-order valence-corrected chi connectivity index (χ1v) is 7.13. The summed E-state index contributed by atoms with van der Waals surface area (Å²) in [7, 11) is 0. The summed E-state index contributed by atoms with van der Waals surface area (Å²) in [5.74, 6) is -0.224. The Balaban J connectivity index is 1.95. The van der Waals surface area contributed by atoms with Gasteiger partial charge in [-0.2, -0.15) is 0 Å². The molecule has 0 bridgehead atoms. The predicted molar refractivity (Wildman–Crippen MR) is 82.0 cm³/mol. The number of thiazole rings is 1. The van der Waals surface area contributed by atoms with Crippen LogP contribution in [0.2, 0.25) is 0 Å². The maximum Gasteiger partial charge on any atom is 0.267 e. The monoisotopic (exact) mass is 300 g/mol. The van der Waals surface area contributed by atoms with Crippen molar-refractivity contribution in [1.82, 2.24) is 4.98 Å². The third-order valence-electron chi connectivity index (χ3n) is 3.03. The van der Waals surface area contributed by atoms with Crippen LogP contribution in [0.4, 0.5) is 5.69 Å². The first-order valence-electron chi connectivity index (χ1n) is 6.31. The zero-order chi connectivity index (χ0) is 15.0. The average molecular weight is 300 g/mol. The Morgan fingerprint density at radius 3 is 2.81 bits per heavy atom. The fourth-order valence-electron chi connectivity index (χ4n) is 2.09. The van der Waals surface area contributed by atoms with Gasteiger partial charge in [-0.15, -0.1) is 11.3 Å². The Morgan fingerprint density at radius 2 is 2.10 bits per heavy atom. The molecule has 5 nitrogen and oxygen atoms in total. The zero-order valence-electron chi connectivity index (χ0n) is 11.5. The smallest absolute Gasteiger partial charge is 0.267 e. The largest absolute Gasteiger partial charge is 0.464 e. The topological polar surface area (TPSA) is 72.2 Å². The van der Waals surface area contributed by atoms with Crippen LogP contribution in [0.3, 0.4) is 0 Å². The van der Waals surface area contributed by atoms with E-state index in [4.69, 9.17) is 4.42 Å². The van der Waals surface area contributed by atoms with Crippen molar-refractivity contribution in [3.63, 3.8) is 0 Å². The van der Waals surface area contributed by atoms with Crippen LogP contribution in [0.1, 0.15) is 20.4 Å². The van der Waals surface area contributed by atoms with Gasteiger partial charge in [-0.05, 0) is 32.0 Å². The number of nitrogens with zero attached hydrogens (tertiary/aromatic N) is 1. The molecule has 3 aromatic rings. The summed E-state index contributed by atoms with van der Waals surface area (Å²) < 4.78 is 5.24. The van der Waals surface area contributed by atoms with Crippen LogP contribution in [0, 0.1) is 13.8 Å². The van der Waals surface area contributed by atoms with E-state index in [-0.39, 0.29) is 11.3 Å². The van der Waals surface area contributed by atoms with Gasteiger partial charge in [0.1, 0.15) is 10.5 Å². The van der Waals surface area contributed by atoms with Gasteiger partial charge in [0.25, 0.3) is 5.91 Å². The van der Waals surface area contributed by atoms with Crippen LogP contribution in [0.25, 0.3) is 11.0 Å². The molecule has 0 radical (unpaired) electrons. The summed E-state index contributed by atoms with van der Waals surface area (Å²) in [5.41, 5.74) is 1.61. The van der Waals surface area contributed by atoms with Gasteiger partial charge in [-0.25, -0.2) is 4.98 Å². The van der Waals surface area contributed by atoms with Crippen LogP contribution >= 0.6 is 11.3 Å². The number of fused-ring (bicyclic) bond motifs is 1. The number of aromatic nitrogens is 1. The summed E-state index contributed by atoms with van der Waals surface area (Å²) >= 11 is 1.35. The molecular formula is C15H12N2O3S. The van der Waals surface area contributed by atoms with E-state index < -0.39 is 0 Å². The minimum atomic E-state index is -0.224. The van der Waals surface area contributed by atoms with Gasteiger partial charge in [0.2, 0.25) is 0 Å². The lowest BCUT2D eigenvalue weighted by atomic mass is 10.2. The standard InChI is InChI=1S/C15H12N2O3S/c1-8-14(21-9(2)16-8)15(19)17-10-3-4-13-11(7-10)12(18)5-6-20-13/h3-7H,1-2H3,(H,17,19). The molecule has 0 saturated heterocycles. The fourth-order valence-corrected chi connectivity index (χ4v) is 2.91. The number of hydrogen-bond donors (Lipinski definition) is 1. The molecule has 106 valence electrons. The maximum atomic E-state index is 12.2. The number of amides is 1. The molecule has 6 heteroatoms. The molecule has 0 aliphatic rings. The van der Waals surface area contributed by atoms with Crippen molar-refractivity contribution in [2.75, 3.05) is 5.32 Å². The van der Waals surface area contributed by atoms with Crippen LogP contribution in [-0.4, -0.2) is 10.9 Å². The van der Waals surface area contributed by atoms with Crippen molar-refractivity contribution in [3.05, 3.63) is 56.3 Å². The minimum absolute atomic E-state index is 0.142. The molecule has 1 N–H and O–H groups in total. The molecule has 0 saturated carbocycles. The van der Waals surface area contributed by atoms with E-state index in [1.54, 1.807) is 25.1 Å². The first kappa shape index (κ1) is 13.5. The fraction of sp³-hybridized carbons (Fsp3) is 0.133. The van der Waals surface area contributed by atoms with Crippen molar-refractivity contribution < 1.29 is 9.21 Å². The lowest BCUT2D eigenvalue weighted by Gasteiger charge is -2.05. The molecular weight excluding hydrogens is 288 g/mol. The molecule has 0 aliphatic heterocycles. The van der Waals surface area contributed by atoms with Gasteiger partial charge < -0.3 is 9.73 Å². The van der Waals surface area contributed by atoms with E-state index in [0.717, 1.165) is 5.01 Å². The summed E-state index contributed by atoms with van der Waals surface area (Å²) in [6, 6.07) is 6.33. The SMILES string of the molecule is Cc1nc(C)c(C(=O)Nc2ccc3occc(=O)c3c2)s1. The van der Waals surface area contributed by atoms with Crippen LogP contribution in [0.15, 0.2) is 39.7 Å². The second-order valence-electron chi connectivity index (χ2n) is 4.60.